The van der Waals surface area contributed by atoms with E-state index in [1.807, 2.05) is 0 Å². The SMILES string of the molecule is COc1cccc2c1nc(N)n2CC(F)(F)F. The van der Waals surface area contributed by atoms with E-state index in [1.165, 1.54) is 13.2 Å². The number of nitrogens with zero attached hydrogens (tertiary/aromatic N) is 2. The lowest BCUT2D eigenvalue weighted by molar-refractivity contribution is -0.139. The fourth-order valence-corrected chi connectivity index (χ4v) is 1.65. The van der Waals surface area contributed by atoms with Crippen LogP contribution in [0.25, 0.3) is 11.0 Å². The highest BCUT2D eigenvalue weighted by Gasteiger charge is 2.30. The number of halogens is 3. The number of para-hydroxylation sites is 1. The molecule has 0 bridgehead atoms. The summed E-state index contributed by atoms with van der Waals surface area (Å²) in [5.41, 5.74) is 6.12. The molecule has 0 radical (unpaired) electrons. The maximum absolute atomic E-state index is 12.4. The maximum Gasteiger partial charge on any atom is 0.406 e. The van der Waals surface area contributed by atoms with Crippen molar-refractivity contribution in [3.63, 3.8) is 0 Å². The standard InChI is InChI=1S/C10H10F3N3O/c1-17-7-4-2-3-6-8(7)15-9(14)16(6)5-10(11,12)13/h2-4H,5H2,1H3,(H2,14,15). The third-order valence-corrected chi connectivity index (χ3v) is 2.33. The monoisotopic (exact) mass is 245 g/mol. The van der Waals surface area contributed by atoms with Crippen LogP contribution in [-0.2, 0) is 6.54 Å². The summed E-state index contributed by atoms with van der Waals surface area (Å²) in [6, 6.07) is 4.73. The van der Waals surface area contributed by atoms with E-state index in [2.05, 4.69) is 4.98 Å². The van der Waals surface area contributed by atoms with Gasteiger partial charge in [0, 0.05) is 0 Å². The van der Waals surface area contributed by atoms with Gasteiger partial charge in [-0.1, -0.05) is 6.07 Å². The van der Waals surface area contributed by atoms with Crippen LogP contribution in [0.1, 0.15) is 0 Å². The Morgan fingerprint density at radius 1 is 1.41 bits per heavy atom. The van der Waals surface area contributed by atoms with E-state index in [9.17, 15) is 13.2 Å². The number of ether oxygens (including phenoxy) is 1. The molecule has 92 valence electrons. The second-order valence-electron chi connectivity index (χ2n) is 3.50. The lowest BCUT2D eigenvalue weighted by atomic mass is 10.3. The molecule has 2 aromatic rings. The quantitative estimate of drug-likeness (QED) is 0.882. The molecule has 0 unspecified atom stereocenters. The van der Waals surface area contributed by atoms with E-state index in [0.29, 0.717) is 16.8 Å². The van der Waals surface area contributed by atoms with Crippen LogP contribution >= 0.6 is 0 Å². The number of rotatable bonds is 2. The average Bonchev–Trinajstić information content (AvgIpc) is 2.53. The largest absolute Gasteiger partial charge is 0.494 e. The zero-order valence-electron chi connectivity index (χ0n) is 8.95. The normalized spacial score (nSPS) is 12.0. The Morgan fingerprint density at radius 3 is 2.71 bits per heavy atom. The molecule has 0 aliphatic carbocycles. The van der Waals surface area contributed by atoms with Gasteiger partial charge in [-0.05, 0) is 12.1 Å². The Hall–Kier alpha value is -1.92. The van der Waals surface area contributed by atoms with E-state index in [-0.39, 0.29) is 5.95 Å². The van der Waals surface area contributed by atoms with Crippen molar-refractivity contribution < 1.29 is 17.9 Å². The number of hydrogen-bond donors (Lipinski definition) is 1. The second kappa shape index (κ2) is 3.83. The van der Waals surface area contributed by atoms with Crippen LogP contribution in [0.2, 0.25) is 0 Å². The zero-order valence-corrected chi connectivity index (χ0v) is 8.95. The van der Waals surface area contributed by atoms with Crippen LogP contribution in [0, 0.1) is 0 Å². The summed E-state index contributed by atoms with van der Waals surface area (Å²) in [7, 11) is 1.42. The molecule has 2 N–H and O–H groups in total. The summed E-state index contributed by atoms with van der Waals surface area (Å²) in [4.78, 5) is 3.88. The molecule has 1 aromatic heterocycles. The lowest BCUT2D eigenvalue weighted by Gasteiger charge is -2.09. The minimum absolute atomic E-state index is 0.179. The number of nitrogen functional groups attached to an aromatic ring is 1. The van der Waals surface area contributed by atoms with E-state index >= 15 is 0 Å². The summed E-state index contributed by atoms with van der Waals surface area (Å²) in [5, 5.41) is 0. The predicted octanol–water partition coefficient (Wildman–Crippen LogP) is 2.19. The molecule has 0 saturated heterocycles. The molecule has 0 saturated carbocycles. The Morgan fingerprint density at radius 2 is 2.12 bits per heavy atom. The molecule has 1 aromatic carbocycles. The number of aromatic nitrogens is 2. The number of alkyl halides is 3. The molecule has 7 heteroatoms. The van der Waals surface area contributed by atoms with Gasteiger partial charge >= 0.3 is 6.18 Å². The predicted molar refractivity (Wildman–Crippen MR) is 56.8 cm³/mol. The van der Waals surface area contributed by atoms with Crippen LogP contribution in [-0.4, -0.2) is 22.8 Å². The van der Waals surface area contributed by atoms with Gasteiger partial charge in [0.2, 0.25) is 5.95 Å². The molecular weight excluding hydrogens is 235 g/mol. The van der Waals surface area contributed by atoms with Gasteiger partial charge in [0.25, 0.3) is 0 Å². The van der Waals surface area contributed by atoms with E-state index in [4.69, 9.17) is 10.5 Å². The Kier molecular flexibility index (Phi) is 2.60. The van der Waals surface area contributed by atoms with Crippen molar-refractivity contribution >= 4 is 17.0 Å². The fraction of sp³-hybridized carbons (Fsp3) is 0.300. The minimum Gasteiger partial charge on any atom is -0.494 e. The zero-order chi connectivity index (χ0) is 12.6. The number of imidazole rings is 1. The van der Waals surface area contributed by atoms with Gasteiger partial charge < -0.3 is 15.0 Å². The molecule has 0 spiro atoms. The first-order valence-electron chi connectivity index (χ1n) is 4.78. The van der Waals surface area contributed by atoms with Gasteiger partial charge in [-0.3, -0.25) is 0 Å². The van der Waals surface area contributed by atoms with Gasteiger partial charge in [0.1, 0.15) is 17.8 Å². The fourth-order valence-electron chi connectivity index (χ4n) is 1.65. The highest BCUT2D eigenvalue weighted by Crippen LogP contribution is 2.29. The van der Waals surface area contributed by atoms with Crippen molar-refractivity contribution in [2.45, 2.75) is 12.7 Å². The Bertz CT molecular complexity index is 547. The molecule has 1 heterocycles. The van der Waals surface area contributed by atoms with Gasteiger partial charge in [-0.2, -0.15) is 13.2 Å². The molecule has 17 heavy (non-hydrogen) atoms. The molecule has 0 amide bonds. The van der Waals surface area contributed by atoms with Crippen molar-refractivity contribution in [2.75, 3.05) is 12.8 Å². The van der Waals surface area contributed by atoms with Gasteiger partial charge in [-0.25, -0.2) is 4.98 Å². The van der Waals surface area contributed by atoms with Gasteiger partial charge in [-0.15, -0.1) is 0 Å². The highest BCUT2D eigenvalue weighted by molar-refractivity contribution is 5.84. The minimum atomic E-state index is -4.34. The summed E-state index contributed by atoms with van der Waals surface area (Å²) in [6.07, 6.45) is -4.34. The lowest BCUT2D eigenvalue weighted by Crippen LogP contribution is -2.19. The van der Waals surface area contributed by atoms with Crippen LogP contribution < -0.4 is 10.5 Å². The van der Waals surface area contributed by atoms with Gasteiger partial charge in [0.05, 0.1) is 12.6 Å². The molecular formula is C10H10F3N3O. The van der Waals surface area contributed by atoms with Crippen molar-refractivity contribution in [1.29, 1.82) is 0 Å². The van der Waals surface area contributed by atoms with Crippen LogP contribution in [0.4, 0.5) is 19.1 Å². The molecule has 0 aliphatic rings. The van der Waals surface area contributed by atoms with Crippen molar-refractivity contribution in [3.05, 3.63) is 18.2 Å². The summed E-state index contributed by atoms with van der Waals surface area (Å²) < 4.78 is 43.0. The average molecular weight is 245 g/mol. The molecule has 0 aliphatic heterocycles. The van der Waals surface area contributed by atoms with Crippen LogP contribution in [0.5, 0.6) is 5.75 Å². The number of nitrogens with two attached hydrogens (primary N) is 1. The first kappa shape index (κ1) is 11.6. The second-order valence-corrected chi connectivity index (χ2v) is 3.50. The van der Waals surface area contributed by atoms with Crippen molar-refractivity contribution in [2.24, 2.45) is 0 Å². The first-order chi connectivity index (χ1) is 7.92. The number of methoxy groups -OCH3 is 1. The van der Waals surface area contributed by atoms with E-state index < -0.39 is 12.7 Å². The smallest absolute Gasteiger partial charge is 0.406 e. The molecule has 0 atom stereocenters. The van der Waals surface area contributed by atoms with E-state index in [1.54, 1.807) is 12.1 Å². The highest BCUT2D eigenvalue weighted by atomic mass is 19.4. The number of benzene rings is 1. The molecule has 2 rings (SSSR count). The third-order valence-electron chi connectivity index (χ3n) is 2.33. The van der Waals surface area contributed by atoms with Crippen molar-refractivity contribution in [3.8, 4) is 5.75 Å². The summed E-state index contributed by atoms with van der Waals surface area (Å²) in [6.45, 7) is -1.16. The topological polar surface area (TPSA) is 53.1 Å². The molecule has 0 fully saturated rings. The van der Waals surface area contributed by atoms with Crippen molar-refractivity contribution in [1.82, 2.24) is 9.55 Å². The van der Waals surface area contributed by atoms with Crippen LogP contribution in [0.3, 0.4) is 0 Å². The number of anilines is 1. The molecule has 4 nitrogen and oxygen atoms in total. The van der Waals surface area contributed by atoms with Crippen LogP contribution in [0.15, 0.2) is 18.2 Å². The number of fused-ring (bicyclic) bond motifs is 1. The van der Waals surface area contributed by atoms with Gasteiger partial charge in [0.15, 0.2) is 0 Å². The maximum atomic E-state index is 12.4. The summed E-state index contributed by atoms with van der Waals surface area (Å²) in [5.74, 6) is 0.219. The summed E-state index contributed by atoms with van der Waals surface area (Å²) >= 11 is 0. The van der Waals surface area contributed by atoms with E-state index in [0.717, 1.165) is 4.57 Å². The Labute approximate surface area is 94.8 Å². The Balaban J connectivity index is 2.60. The number of hydrogen-bond acceptors (Lipinski definition) is 3. The third kappa shape index (κ3) is 2.13. The first-order valence-corrected chi connectivity index (χ1v) is 4.78.